The number of benzene rings is 3. The molecule has 0 radical (unpaired) electrons. The molecule has 34 heavy (non-hydrogen) atoms. The van der Waals surface area contributed by atoms with Crippen LogP contribution in [0.15, 0.2) is 76.3 Å². The fourth-order valence-electron chi connectivity index (χ4n) is 4.51. The highest BCUT2D eigenvalue weighted by molar-refractivity contribution is 9.10. The number of fused-ring (bicyclic) bond motifs is 3. The maximum atomic E-state index is 6.50. The molecule has 5 rings (SSSR count). The van der Waals surface area contributed by atoms with Gasteiger partial charge in [0.25, 0.3) is 0 Å². The summed E-state index contributed by atoms with van der Waals surface area (Å²) in [5.74, 6) is 2.63. The molecule has 0 saturated heterocycles. The molecule has 0 fully saturated rings. The number of unbranched alkanes of at least 4 members (excludes halogenated alkanes) is 2. The molecule has 0 bridgehead atoms. The second-order valence-corrected chi connectivity index (χ2v) is 9.57. The van der Waals surface area contributed by atoms with Crippen LogP contribution >= 0.6 is 15.9 Å². The summed E-state index contributed by atoms with van der Waals surface area (Å²) in [4.78, 5) is 0. The summed E-state index contributed by atoms with van der Waals surface area (Å²) < 4.78 is 18.8. The third-order valence-electron chi connectivity index (χ3n) is 6.36. The standard InChI is InChI=1S/C28H29BrN2O3/c1-3-4-5-16-33-23-13-8-20(9-14-23)28-31-26(24-17-21(29)10-15-27(24)34-28)18-25(30-31)19-6-11-22(32-2)12-7-19/h6-15,17,26,28H,3-5,16,18H2,1-2H3/t26-,28+/m0/s1. The van der Waals surface area contributed by atoms with Gasteiger partial charge >= 0.3 is 0 Å². The van der Waals surface area contributed by atoms with Gasteiger partial charge in [0, 0.05) is 22.0 Å². The number of ether oxygens (including phenoxy) is 3. The summed E-state index contributed by atoms with van der Waals surface area (Å²) in [5.41, 5.74) is 4.35. The summed E-state index contributed by atoms with van der Waals surface area (Å²) in [5, 5.41) is 7.15. The van der Waals surface area contributed by atoms with E-state index in [9.17, 15) is 0 Å². The smallest absolute Gasteiger partial charge is 0.213 e. The van der Waals surface area contributed by atoms with E-state index in [1.54, 1.807) is 7.11 Å². The Morgan fingerprint density at radius 3 is 2.50 bits per heavy atom. The monoisotopic (exact) mass is 520 g/mol. The van der Waals surface area contributed by atoms with Crippen molar-refractivity contribution >= 4 is 21.6 Å². The Kier molecular flexibility index (Phi) is 6.77. The van der Waals surface area contributed by atoms with Gasteiger partial charge in [-0.15, -0.1) is 0 Å². The Labute approximate surface area is 209 Å². The van der Waals surface area contributed by atoms with Crippen LogP contribution in [0.1, 0.15) is 61.6 Å². The molecule has 0 aliphatic carbocycles. The Morgan fingerprint density at radius 1 is 1.00 bits per heavy atom. The van der Waals surface area contributed by atoms with Crippen molar-refractivity contribution in [2.75, 3.05) is 13.7 Å². The van der Waals surface area contributed by atoms with Crippen molar-refractivity contribution in [1.29, 1.82) is 0 Å². The molecule has 0 saturated carbocycles. The van der Waals surface area contributed by atoms with E-state index in [-0.39, 0.29) is 12.3 Å². The van der Waals surface area contributed by atoms with E-state index in [4.69, 9.17) is 19.3 Å². The zero-order chi connectivity index (χ0) is 23.5. The van der Waals surface area contributed by atoms with Crippen LogP contribution in [-0.4, -0.2) is 24.4 Å². The fourth-order valence-corrected chi connectivity index (χ4v) is 4.89. The first-order chi connectivity index (χ1) is 16.7. The van der Waals surface area contributed by atoms with Crippen LogP contribution in [0.25, 0.3) is 0 Å². The molecule has 2 aliphatic rings. The summed E-state index contributed by atoms with van der Waals surface area (Å²) in [6.07, 6.45) is 3.97. The highest BCUT2D eigenvalue weighted by Crippen LogP contribution is 2.48. The molecular formula is C28H29BrN2O3. The van der Waals surface area contributed by atoms with E-state index in [0.717, 1.165) is 63.6 Å². The van der Waals surface area contributed by atoms with E-state index in [0.29, 0.717) is 0 Å². The van der Waals surface area contributed by atoms with Gasteiger partial charge in [-0.1, -0.05) is 35.7 Å². The van der Waals surface area contributed by atoms with Gasteiger partial charge in [-0.2, -0.15) is 5.10 Å². The van der Waals surface area contributed by atoms with Gasteiger partial charge in [0.15, 0.2) is 0 Å². The van der Waals surface area contributed by atoms with Crippen molar-refractivity contribution in [1.82, 2.24) is 5.01 Å². The van der Waals surface area contributed by atoms with Crippen LogP contribution in [-0.2, 0) is 0 Å². The zero-order valence-corrected chi connectivity index (χ0v) is 21.1. The molecule has 3 aromatic carbocycles. The van der Waals surface area contributed by atoms with Gasteiger partial charge in [0.05, 0.1) is 25.5 Å². The van der Waals surface area contributed by atoms with Crippen LogP contribution < -0.4 is 14.2 Å². The maximum Gasteiger partial charge on any atom is 0.213 e. The molecule has 0 spiro atoms. The molecule has 0 aromatic heterocycles. The summed E-state index contributed by atoms with van der Waals surface area (Å²) in [6.45, 7) is 2.95. The van der Waals surface area contributed by atoms with Crippen LogP contribution in [0, 0.1) is 0 Å². The molecule has 6 heteroatoms. The first kappa shape index (κ1) is 22.8. The lowest BCUT2D eigenvalue weighted by molar-refractivity contribution is -0.0191. The largest absolute Gasteiger partial charge is 0.497 e. The number of hydrogen-bond donors (Lipinski definition) is 0. The average Bonchev–Trinajstić information content (AvgIpc) is 3.33. The molecule has 2 atom stereocenters. The number of hydrogen-bond acceptors (Lipinski definition) is 5. The lowest BCUT2D eigenvalue weighted by atomic mass is 9.96. The first-order valence-corrected chi connectivity index (χ1v) is 12.6. The first-order valence-electron chi connectivity index (χ1n) is 11.9. The van der Waals surface area contributed by atoms with Gasteiger partial charge in [-0.25, -0.2) is 5.01 Å². The maximum absolute atomic E-state index is 6.50. The number of rotatable bonds is 8. The van der Waals surface area contributed by atoms with Crippen molar-refractivity contribution < 1.29 is 14.2 Å². The lowest BCUT2D eigenvalue weighted by Gasteiger charge is -2.38. The minimum absolute atomic E-state index is 0.105. The fraction of sp³-hybridized carbons (Fsp3) is 0.321. The molecule has 2 heterocycles. The van der Waals surface area contributed by atoms with Crippen molar-refractivity contribution in [3.05, 3.63) is 87.9 Å². The Morgan fingerprint density at radius 2 is 1.76 bits per heavy atom. The SMILES string of the molecule is CCCCCOc1ccc([C@H]2Oc3ccc(Br)cc3[C@@H]3CC(c4ccc(OC)cc4)=NN23)cc1. The number of nitrogens with zero attached hydrogens (tertiary/aromatic N) is 2. The summed E-state index contributed by atoms with van der Waals surface area (Å²) in [6, 6.07) is 22.6. The number of methoxy groups -OCH3 is 1. The molecule has 0 N–H and O–H groups in total. The summed E-state index contributed by atoms with van der Waals surface area (Å²) >= 11 is 3.62. The number of hydrazone groups is 1. The molecular weight excluding hydrogens is 492 g/mol. The normalized spacial score (nSPS) is 18.6. The highest BCUT2D eigenvalue weighted by Gasteiger charge is 2.41. The van der Waals surface area contributed by atoms with Crippen molar-refractivity contribution in [3.8, 4) is 17.2 Å². The van der Waals surface area contributed by atoms with Gasteiger partial charge in [0.2, 0.25) is 6.23 Å². The quantitative estimate of drug-likeness (QED) is 0.293. The lowest BCUT2D eigenvalue weighted by Crippen LogP contribution is -2.33. The predicted molar refractivity (Wildman–Crippen MR) is 138 cm³/mol. The van der Waals surface area contributed by atoms with Crippen molar-refractivity contribution in [3.63, 3.8) is 0 Å². The highest BCUT2D eigenvalue weighted by atomic mass is 79.9. The van der Waals surface area contributed by atoms with Gasteiger partial charge < -0.3 is 14.2 Å². The Bertz CT molecular complexity index is 1160. The van der Waals surface area contributed by atoms with Crippen molar-refractivity contribution in [2.24, 2.45) is 5.10 Å². The second-order valence-electron chi connectivity index (χ2n) is 8.65. The molecule has 3 aromatic rings. The van der Waals surface area contributed by atoms with Crippen LogP contribution in [0.3, 0.4) is 0 Å². The third kappa shape index (κ3) is 4.64. The van der Waals surface area contributed by atoms with Gasteiger partial charge in [-0.05, 0) is 78.7 Å². The third-order valence-corrected chi connectivity index (χ3v) is 6.85. The second kappa shape index (κ2) is 10.1. The van der Waals surface area contributed by atoms with Gasteiger partial charge in [0.1, 0.15) is 17.2 Å². The predicted octanol–water partition coefficient (Wildman–Crippen LogP) is 7.27. The van der Waals surface area contributed by atoms with Crippen LogP contribution in [0.5, 0.6) is 17.2 Å². The van der Waals surface area contributed by atoms with Crippen molar-refractivity contribution in [2.45, 2.75) is 44.9 Å². The molecule has 0 unspecified atom stereocenters. The molecule has 2 aliphatic heterocycles. The number of halogens is 1. The van der Waals surface area contributed by atoms with E-state index in [2.05, 4.69) is 58.2 Å². The Hall–Kier alpha value is -2.99. The molecule has 176 valence electrons. The minimum atomic E-state index is -0.302. The van der Waals surface area contributed by atoms with Crippen LogP contribution in [0.2, 0.25) is 0 Å². The average molecular weight is 521 g/mol. The Balaban J connectivity index is 1.43. The summed E-state index contributed by atoms with van der Waals surface area (Å²) in [7, 11) is 1.68. The minimum Gasteiger partial charge on any atom is -0.497 e. The van der Waals surface area contributed by atoms with Gasteiger partial charge in [-0.3, -0.25) is 0 Å². The van der Waals surface area contributed by atoms with E-state index >= 15 is 0 Å². The van der Waals surface area contributed by atoms with E-state index < -0.39 is 0 Å². The van der Waals surface area contributed by atoms with Crippen LogP contribution in [0.4, 0.5) is 0 Å². The topological polar surface area (TPSA) is 43.3 Å². The zero-order valence-electron chi connectivity index (χ0n) is 19.5. The molecule has 5 nitrogen and oxygen atoms in total. The van der Waals surface area contributed by atoms with E-state index in [1.165, 1.54) is 12.8 Å². The van der Waals surface area contributed by atoms with E-state index in [1.807, 2.05) is 36.4 Å². The molecule has 0 amide bonds.